The molecule has 0 atom stereocenters. The van der Waals surface area contributed by atoms with E-state index in [4.69, 9.17) is 0 Å². The summed E-state index contributed by atoms with van der Waals surface area (Å²) in [6.45, 7) is 0.634. The lowest BCUT2D eigenvalue weighted by atomic mass is 10.1. The SMILES string of the molecule is CN1Cc2ccccc2N(CC(=O)c2ccn(C)c2)C1=O. The second-order valence-electron chi connectivity index (χ2n) is 5.34. The molecule has 2 aromatic rings. The summed E-state index contributed by atoms with van der Waals surface area (Å²) < 4.78 is 1.82. The zero-order valence-electron chi connectivity index (χ0n) is 12.1. The predicted molar refractivity (Wildman–Crippen MR) is 80.4 cm³/mol. The number of anilines is 1. The van der Waals surface area contributed by atoms with E-state index < -0.39 is 0 Å². The smallest absolute Gasteiger partial charge is 0.324 e. The number of amides is 2. The van der Waals surface area contributed by atoms with Crippen molar-refractivity contribution >= 4 is 17.5 Å². The standard InChI is InChI=1S/C16H17N3O2/c1-17-8-7-13(9-17)15(20)11-19-14-6-4-3-5-12(14)10-18(2)16(19)21/h3-9H,10-11H2,1-2H3. The molecule has 0 radical (unpaired) electrons. The number of urea groups is 1. The lowest BCUT2D eigenvalue weighted by Crippen LogP contribution is -2.47. The first-order valence-electron chi connectivity index (χ1n) is 6.82. The quantitative estimate of drug-likeness (QED) is 0.811. The molecule has 2 heterocycles. The van der Waals surface area contributed by atoms with Gasteiger partial charge in [-0.25, -0.2) is 4.79 Å². The fraction of sp³-hybridized carbons (Fsp3) is 0.250. The van der Waals surface area contributed by atoms with E-state index >= 15 is 0 Å². The first kappa shape index (κ1) is 13.4. The minimum absolute atomic E-state index is 0.0597. The maximum Gasteiger partial charge on any atom is 0.324 e. The molecule has 108 valence electrons. The highest BCUT2D eigenvalue weighted by Gasteiger charge is 2.29. The molecule has 0 aliphatic carbocycles. The molecule has 5 heteroatoms. The maximum absolute atomic E-state index is 12.4. The number of fused-ring (bicyclic) bond motifs is 1. The molecule has 1 aliphatic rings. The second kappa shape index (κ2) is 5.09. The lowest BCUT2D eigenvalue weighted by Gasteiger charge is -2.34. The zero-order chi connectivity index (χ0) is 15.0. The average molecular weight is 283 g/mol. The van der Waals surface area contributed by atoms with E-state index in [0.29, 0.717) is 12.1 Å². The Morgan fingerprint density at radius 3 is 2.67 bits per heavy atom. The van der Waals surface area contributed by atoms with Crippen molar-refractivity contribution in [2.75, 3.05) is 18.5 Å². The number of benzene rings is 1. The molecule has 3 rings (SSSR count). The van der Waals surface area contributed by atoms with Crippen molar-refractivity contribution in [1.29, 1.82) is 0 Å². The molecule has 2 amide bonds. The van der Waals surface area contributed by atoms with Crippen LogP contribution in [0.2, 0.25) is 0 Å². The van der Waals surface area contributed by atoms with E-state index in [1.807, 2.05) is 42.1 Å². The van der Waals surface area contributed by atoms with E-state index in [1.54, 1.807) is 29.1 Å². The third-order valence-electron chi connectivity index (χ3n) is 3.70. The van der Waals surface area contributed by atoms with E-state index in [-0.39, 0.29) is 18.4 Å². The Morgan fingerprint density at radius 1 is 1.19 bits per heavy atom. The molecule has 0 fully saturated rings. The minimum atomic E-state index is -0.141. The summed E-state index contributed by atoms with van der Waals surface area (Å²) in [5.74, 6) is -0.0611. The number of ketones is 1. The summed E-state index contributed by atoms with van der Waals surface area (Å²) in [7, 11) is 3.62. The fourth-order valence-corrected chi connectivity index (χ4v) is 2.60. The fourth-order valence-electron chi connectivity index (χ4n) is 2.60. The third-order valence-corrected chi connectivity index (χ3v) is 3.70. The van der Waals surface area contributed by atoms with Gasteiger partial charge >= 0.3 is 6.03 Å². The molecule has 0 N–H and O–H groups in total. The van der Waals surface area contributed by atoms with Crippen LogP contribution in [0.5, 0.6) is 0 Å². The van der Waals surface area contributed by atoms with Crippen molar-refractivity contribution in [3.8, 4) is 0 Å². The number of hydrogen-bond donors (Lipinski definition) is 0. The van der Waals surface area contributed by atoms with Crippen molar-refractivity contribution in [2.24, 2.45) is 7.05 Å². The molecule has 0 unspecified atom stereocenters. The number of carbonyl (C=O) groups excluding carboxylic acids is 2. The minimum Gasteiger partial charge on any atom is -0.357 e. The van der Waals surface area contributed by atoms with Crippen LogP contribution in [0.25, 0.3) is 0 Å². The van der Waals surface area contributed by atoms with Gasteiger partial charge in [0.05, 0.1) is 12.2 Å². The molecule has 0 spiro atoms. The molecule has 0 saturated carbocycles. The van der Waals surface area contributed by atoms with Crippen molar-refractivity contribution in [2.45, 2.75) is 6.54 Å². The molecule has 1 aromatic carbocycles. The maximum atomic E-state index is 12.4. The molecule has 1 aliphatic heterocycles. The number of aryl methyl sites for hydroxylation is 1. The van der Waals surface area contributed by atoms with Gasteiger partial charge in [-0.05, 0) is 17.7 Å². The van der Waals surface area contributed by atoms with Gasteiger partial charge in [-0.1, -0.05) is 18.2 Å². The summed E-state index contributed by atoms with van der Waals surface area (Å²) in [4.78, 5) is 27.9. The normalized spacial score (nSPS) is 14.3. The molecule has 5 nitrogen and oxygen atoms in total. The first-order chi connectivity index (χ1) is 10.1. The van der Waals surface area contributed by atoms with Crippen LogP contribution < -0.4 is 4.90 Å². The number of rotatable bonds is 3. The number of aromatic nitrogens is 1. The lowest BCUT2D eigenvalue weighted by molar-refractivity contribution is 0.0997. The Hall–Kier alpha value is -2.56. The van der Waals surface area contributed by atoms with Crippen molar-refractivity contribution < 1.29 is 9.59 Å². The molecule has 0 saturated heterocycles. The second-order valence-corrected chi connectivity index (χ2v) is 5.34. The van der Waals surface area contributed by atoms with Crippen LogP contribution in [0.1, 0.15) is 15.9 Å². The van der Waals surface area contributed by atoms with Crippen LogP contribution in [-0.4, -0.2) is 34.9 Å². The van der Waals surface area contributed by atoms with Crippen LogP contribution in [0.3, 0.4) is 0 Å². The van der Waals surface area contributed by atoms with Gasteiger partial charge in [0.2, 0.25) is 0 Å². The van der Waals surface area contributed by atoms with Crippen LogP contribution in [-0.2, 0) is 13.6 Å². The number of carbonyl (C=O) groups is 2. The zero-order valence-corrected chi connectivity index (χ0v) is 12.1. The van der Waals surface area contributed by atoms with Crippen LogP contribution in [0.4, 0.5) is 10.5 Å². The highest BCUT2D eigenvalue weighted by atomic mass is 16.2. The number of para-hydroxylation sites is 1. The Labute approximate surface area is 123 Å². The van der Waals surface area contributed by atoms with Crippen LogP contribution in [0, 0.1) is 0 Å². The highest BCUT2D eigenvalue weighted by Crippen LogP contribution is 2.27. The van der Waals surface area contributed by atoms with Crippen LogP contribution in [0.15, 0.2) is 42.7 Å². The Morgan fingerprint density at radius 2 is 1.95 bits per heavy atom. The molecule has 0 bridgehead atoms. The summed E-state index contributed by atoms with van der Waals surface area (Å²) >= 11 is 0. The summed E-state index contributed by atoms with van der Waals surface area (Å²) in [5.41, 5.74) is 2.50. The van der Waals surface area contributed by atoms with Crippen LogP contribution >= 0.6 is 0 Å². The Bertz CT molecular complexity index is 705. The van der Waals surface area contributed by atoms with Crippen molar-refractivity contribution in [1.82, 2.24) is 9.47 Å². The van der Waals surface area contributed by atoms with Gasteiger partial charge in [-0.3, -0.25) is 9.69 Å². The first-order valence-corrected chi connectivity index (χ1v) is 6.82. The van der Waals surface area contributed by atoms with Crippen molar-refractivity contribution in [3.63, 3.8) is 0 Å². The topological polar surface area (TPSA) is 45.5 Å². The van der Waals surface area contributed by atoms with Gasteiger partial charge < -0.3 is 9.47 Å². The molecule has 21 heavy (non-hydrogen) atoms. The summed E-state index contributed by atoms with van der Waals surface area (Å²) in [6, 6.07) is 9.33. The van der Waals surface area contributed by atoms with Crippen molar-refractivity contribution in [3.05, 3.63) is 53.9 Å². The Kier molecular flexibility index (Phi) is 3.25. The van der Waals surface area contributed by atoms with Gasteiger partial charge in [0.15, 0.2) is 5.78 Å². The highest BCUT2D eigenvalue weighted by molar-refractivity contribution is 6.05. The largest absolute Gasteiger partial charge is 0.357 e. The van der Waals surface area contributed by atoms with E-state index in [1.165, 1.54) is 0 Å². The van der Waals surface area contributed by atoms with Gasteiger partial charge in [-0.2, -0.15) is 0 Å². The van der Waals surface area contributed by atoms with Gasteiger partial charge in [-0.15, -0.1) is 0 Å². The van der Waals surface area contributed by atoms with Gasteiger partial charge in [0, 0.05) is 38.6 Å². The van der Waals surface area contributed by atoms with E-state index in [0.717, 1.165) is 11.3 Å². The number of Topliss-reactive ketones (excluding diaryl/α,β-unsaturated/α-hetero) is 1. The molecular weight excluding hydrogens is 266 g/mol. The summed E-state index contributed by atoms with van der Waals surface area (Å²) in [5, 5.41) is 0. The third kappa shape index (κ3) is 2.42. The average Bonchev–Trinajstić information content (AvgIpc) is 2.90. The summed E-state index contributed by atoms with van der Waals surface area (Å²) in [6.07, 6.45) is 3.59. The van der Waals surface area contributed by atoms with Gasteiger partial charge in [0.1, 0.15) is 0 Å². The predicted octanol–water partition coefficient (Wildman–Crippen LogP) is 2.28. The van der Waals surface area contributed by atoms with E-state index in [9.17, 15) is 9.59 Å². The van der Waals surface area contributed by atoms with E-state index in [2.05, 4.69) is 0 Å². The molecular formula is C16H17N3O2. The number of hydrogen-bond acceptors (Lipinski definition) is 2. The molecule has 1 aromatic heterocycles. The number of nitrogens with zero attached hydrogens (tertiary/aromatic N) is 3. The monoisotopic (exact) mass is 283 g/mol. The Balaban J connectivity index is 1.90. The van der Waals surface area contributed by atoms with Gasteiger partial charge in [0.25, 0.3) is 0 Å².